The fourth-order valence-electron chi connectivity index (χ4n) is 2.38. The average molecular weight is 325 g/mol. The van der Waals surface area contributed by atoms with E-state index in [4.69, 9.17) is 13.9 Å². The van der Waals surface area contributed by atoms with E-state index < -0.39 is 0 Å². The number of rotatable bonds is 7. The third-order valence-electron chi connectivity index (χ3n) is 3.64. The number of carbonyl (C=O) groups excluding carboxylic acids is 1. The Kier molecular flexibility index (Phi) is 5.13. The van der Waals surface area contributed by atoms with Crippen molar-refractivity contribution in [2.75, 3.05) is 20.3 Å². The molecule has 1 amide bonds. The van der Waals surface area contributed by atoms with Gasteiger partial charge in [-0.05, 0) is 24.3 Å². The van der Waals surface area contributed by atoms with E-state index in [0.29, 0.717) is 18.1 Å². The molecule has 3 aromatic rings. The Morgan fingerprint density at radius 1 is 1.12 bits per heavy atom. The lowest BCUT2D eigenvalue weighted by Gasteiger charge is -2.14. The molecule has 24 heavy (non-hydrogen) atoms. The van der Waals surface area contributed by atoms with E-state index >= 15 is 0 Å². The summed E-state index contributed by atoms with van der Waals surface area (Å²) in [6, 6.07) is 18.9. The smallest absolute Gasteiger partial charge is 0.258 e. The zero-order chi connectivity index (χ0) is 16.8. The lowest BCUT2D eigenvalue weighted by atomic mass is 10.2. The number of hydrogen-bond acceptors (Lipinski definition) is 4. The van der Waals surface area contributed by atoms with Gasteiger partial charge in [0.25, 0.3) is 5.91 Å². The van der Waals surface area contributed by atoms with Crippen LogP contribution in [0.3, 0.4) is 0 Å². The first kappa shape index (κ1) is 16.1. The predicted molar refractivity (Wildman–Crippen MR) is 90.9 cm³/mol. The number of carbonyl (C=O) groups is 1. The second-order valence-electron chi connectivity index (χ2n) is 5.32. The normalized spacial score (nSPS) is 12.0. The molecular formula is C19H19NO4. The molecule has 0 spiro atoms. The molecule has 124 valence electrons. The molecule has 0 radical (unpaired) electrons. The van der Waals surface area contributed by atoms with Gasteiger partial charge in [0.1, 0.15) is 23.2 Å². The van der Waals surface area contributed by atoms with Crippen LogP contribution >= 0.6 is 0 Å². The van der Waals surface area contributed by atoms with Crippen molar-refractivity contribution in [1.29, 1.82) is 0 Å². The van der Waals surface area contributed by atoms with Gasteiger partial charge in [0.2, 0.25) is 0 Å². The molecule has 3 rings (SSSR count). The molecule has 0 saturated heterocycles. The van der Waals surface area contributed by atoms with Crippen LogP contribution in [-0.2, 0) is 9.53 Å². The Morgan fingerprint density at radius 2 is 1.88 bits per heavy atom. The highest BCUT2D eigenvalue weighted by atomic mass is 16.5. The van der Waals surface area contributed by atoms with Gasteiger partial charge in [-0.15, -0.1) is 0 Å². The SMILES string of the molecule is COC(CNC(=O)COc1ccccc1)c1cc2ccccc2o1. The van der Waals surface area contributed by atoms with Gasteiger partial charge in [0.15, 0.2) is 6.61 Å². The Balaban J connectivity index is 1.54. The van der Waals surface area contributed by atoms with E-state index in [1.807, 2.05) is 48.5 Å². The van der Waals surface area contributed by atoms with Crippen molar-refractivity contribution in [2.24, 2.45) is 0 Å². The second-order valence-corrected chi connectivity index (χ2v) is 5.32. The molecule has 1 unspecified atom stereocenters. The molecule has 5 heteroatoms. The molecule has 0 aliphatic heterocycles. The van der Waals surface area contributed by atoms with Crippen molar-refractivity contribution < 1.29 is 18.7 Å². The number of nitrogens with one attached hydrogen (secondary N) is 1. The van der Waals surface area contributed by atoms with Crippen LogP contribution in [0.15, 0.2) is 65.1 Å². The lowest BCUT2D eigenvalue weighted by molar-refractivity contribution is -0.123. The van der Waals surface area contributed by atoms with Crippen LogP contribution in [0, 0.1) is 0 Å². The van der Waals surface area contributed by atoms with Gasteiger partial charge >= 0.3 is 0 Å². The highest BCUT2D eigenvalue weighted by Crippen LogP contribution is 2.25. The van der Waals surface area contributed by atoms with E-state index in [9.17, 15) is 4.79 Å². The fourth-order valence-corrected chi connectivity index (χ4v) is 2.38. The highest BCUT2D eigenvalue weighted by Gasteiger charge is 2.17. The molecule has 0 bridgehead atoms. The van der Waals surface area contributed by atoms with Crippen LogP contribution in [0.5, 0.6) is 5.75 Å². The van der Waals surface area contributed by atoms with Gasteiger partial charge in [-0.3, -0.25) is 4.79 Å². The van der Waals surface area contributed by atoms with Gasteiger partial charge in [0.05, 0.1) is 6.54 Å². The number of benzene rings is 2. The molecule has 0 aliphatic rings. The number of ether oxygens (including phenoxy) is 2. The summed E-state index contributed by atoms with van der Waals surface area (Å²) in [5.74, 6) is 1.13. The molecule has 1 atom stereocenters. The first-order valence-electron chi connectivity index (χ1n) is 7.72. The van der Waals surface area contributed by atoms with Crippen LogP contribution < -0.4 is 10.1 Å². The Hall–Kier alpha value is -2.79. The number of methoxy groups -OCH3 is 1. The maximum absolute atomic E-state index is 11.9. The maximum atomic E-state index is 11.9. The highest BCUT2D eigenvalue weighted by molar-refractivity contribution is 5.78. The minimum absolute atomic E-state index is 0.0411. The largest absolute Gasteiger partial charge is 0.484 e. The van der Waals surface area contributed by atoms with Crippen molar-refractivity contribution in [1.82, 2.24) is 5.32 Å². The van der Waals surface area contributed by atoms with Crippen LogP contribution in [-0.4, -0.2) is 26.2 Å². The molecule has 5 nitrogen and oxygen atoms in total. The molecule has 0 saturated carbocycles. The molecule has 1 N–H and O–H groups in total. The van der Waals surface area contributed by atoms with Gasteiger partial charge in [-0.1, -0.05) is 36.4 Å². The van der Waals surface area contributed by atoms with Crippen LogP contribution in [0.25, 0.3) is 11.0 Å². The number of furan rings is 1. The van der Waals surface area contributed by atoms with Crippen LogP contribution in [0.2, 0.25) is 0 Å². The third-order valence-corrected chi connectivity index (χ3v) is 3.64. The van der Waals surface area contributed by atoms with Gasteiger partial charge < -0.3 is 19.2 Å². The molecule has 2 aromatic carbocycles. The van der Waals surface area contributed by atoms with Crippen molar-refractivity contribution in [3.8, 4) is 5.75 Å². The summed E-state index contributed by atoms with van der Waals surface area (Å²) in [5.41, 5.74) is 0.799. The molecule has 1 heterocycles. The molecule has 0 aliphatic carbocycles. The van der Waals surface area contributed by atoms with E-state index in [-0.39, 0.29) is 18.6 Å². The lowest BCUT2D eigenvalue weighted by Crippen LogP contribution is -2.32. The van der Waals surface area contributed by atoms with E-state index in [1.54, 1.807) is 19.2 Å². The zero-order valence-electron chi connectivity index (χ0n) is 13.4. The monoisotopic (exact) mass is 325 g/mol. The number of hydrogen-bond donors (Lipinski definition) is 1. The Bertz CT molecular complexity index is 764. The molecule has 1 aromatic heterocycles. The summed E-state index contributed by atoms with van der Waals surface area (Å²) >= 11 is 0. The predicted octanol–water partition coefficient (Wildman–Crippen LogP) is 3.32. The summed E-state index contributed by atoms with van der Waals surface area (Å²) in [6.45, 7) is 0.272. The Labute approximate surface area is 140 Å². The van der Waals surface area contributed by atoms with Gasteiger partial charge in [0, 0.05) is 12.5 Å². The summed E-state index contributed by atoms with van der Waals surface area (Å²) < 4.78 is 16.6. The quantitative estimate of drug-likeness (QED) is 0.724. The first-order chi connectivity index (χ1) is 11.8. The number of fused-ring (bicyclic) bond motifs is 1. The topological polar surface area (TPSA) is 60.7 Å². The average Bonchev–Trinajstić information content (AvgIpc) is 3.05. The summed E-state index contributed by atoms with van der Waals surface area (Å²) in [5, 5.41) is 3.81. The summed E-state index contributed by atoms with van der Waals surface area (Å²) in [4.78, 5) is 11.9. The van der Waals surface area contributed by atoms with Gasteiger partial charge in [-0.2, -0.15) is 0 Å². The number of para-hydroxylation sites is 2. The van der Waals surface area contributed by atoms with E-state index in [1.165, 1.54) is 0 Å². The number of amides is 1. The van der Waals surface area contributed by atoms with E-state index in [0.717, 1.165) is 11.0 Å². The fraction of sp³-hybridized carbons (Fsp3) is 0.211. The minimum Gasteiger partial charge on any atom is -0.484 e. The Morgan fingerprint density at radius 3 is 2.62 bits per heavy atom. The van der Waals surface area contributed by atoms with Crippen molar-refractivity contribution in [3.05, 3.63) is 66.4 Å². The second kappa shape index (κ2) is 7.66. The van der Waals surface area contributed by atoms with Crippen LogP contribution in [0.4, 0.5) is 0 Å². The van der Waals surface area contributed by atoms with Crippen molar-refractivity contribution >= 4 is 16.9 Å². The molecule has 0 fully saturated rings. The van der Waals surface area contributed by atoms with Crippen LogP contribution in [0.1, 0.15) is 11.9 Å². The minimum atomic E-state index is -0.349. The van der Waals surface area contributed by atoms with Crippen molar-refractivity contribution in [3.63, 3.8) is 0 Å². The molecular weight excluding hydrogens is 306 g/mol. The van der Waals surface area contributed by atoms with Gasteiger partial charge in [-0.25, -0.2) is 0 Å². The van der Waals surface area contributed by atoms with Crippen molar-refractivity contribution in [2.45, 2.75) is 6.10 Å². The summed E-state index contributed by atoms with van der Waals surface area (Å²) in [7, 11) is 1.59. The summed E-state index contributed by atoms with van der Waals surface area (Å²) in [6.07, 6.45) is -0.349. The first-order valence-corrected chi connectivity index (χ1v) is 7.72. The third kappa shape index (κ3) is 3.94. The standard InChI is InChI=1S/C19H19NO4/c1-22-18(17-11-14-7-5-6-10-16(14)24-17)12-20-19(21)13-23-15-8-3-2-4-9-15/h2-11,18H,12-13H2,1H3,(H,20,21). The maximum Gasteiger partial charge on any atom is 0.258 e. The van der Waals surface area contributed by atoms with E-state index in [2.05, 4.69) is 5.32 Å². The zero-order valence-corrected chi connectivity index (χ0v) is 13.4.